The molecule has 1 atom stereocenters. The van der Waals surface area contributed by atoms with Gasteiger partial charge in [0.2, 0.25) is 11.8 Å². The molecule has 4 heteroatoms. The molecule has 1 aliphatic rings. The van der Waals surface area contributed by atoms with Crippen LogP contribution in [0.15, 0.2) is 46.9 Å². The fourth-order valence-corrected chi connectivity index (χ4v) is 4.63. The fourth-order valence-electron chi connectivity index (χ4n) is 3.57. The standard InChI is InChI=1S/C21H21IN2O/c1-14-23-24-20(25-14)10-4-2-3-7-15-11-12-17-16-8-5-6-9-18(16)21(22)19(17)13-15/h5-6,8-9,11-13,21H,2-4,7,10H2,1H3. The lowest BCUT2D eigenvalue weighted by Crippen LogP contribution is -1.92. The Balaban J connectivity index is 1.34. The molecule has 1 aromatic heterocycles. The highest BCUT2D eigenvalue weighted by Gasteiger charge is 2.26. The largest absolute Gasteiger partial charge is 0.426 e. The minimum absolute atomic E-state index is 0.476. The first-order chi connectivity index (χ1) is 12.2. The molecule has 0 spiro atoms. The molecule has 3 aromatic rings. The highest BCUT2D eigenvalue weighted by molar-refractivity contribution is 14.1. The number of aromatic nitrogens is 2. The molecule has 4 rings (SSSR count). The first-order valence-electron chi connectivity index (χ1n) is 8.87. The van der Waals surface area contributed by atoms with Crippen molar-refractivity contribution in [2.45, 2.75) is 43.0 Å². The second-order valence-electron chi connectivity index (χ2n) is 6.65. The number of alkyl halides is 1. The van der Waals surface area contributed by atoms with Crippen molar-refractivity contribution in [3.63, 3.8) is 0 Å². The Bertz CT molecular complexity index is 887. The van der Waals surface area contributed by atoms with Gasteiger partial charge in [-0.1, -0.05) is 71.5 Å². The summed E-state index contributed by atoms with van der Waals surface area (Å²) in [7, 11) is 0. The molecule has 0 aliphatic heterocycles. The third-order valence-electron chi connectivity index (χ3n) is 4.84. The molecule has 0 amide bonds. The van der Waals surface area contributed by atoms with E-state index in [1.807, 2.05) is 6.92 Å². The van der Waals surface area contributed by atoms with Crippen molar-refractivity contribution >= 4 is 22.6 Å². The van der Waals surface area contributed by atoms with Crippen LogP contribution >= 0.6 is 22.6 Å². The third-order valence-corrected chi connectivity index (χ3v) is 6.18. The van der Waals surface area contributed by atoms with Gasteiger partial charge in [0.1, 0.15) is 0 Å². The SMILES string of the molecule is Cc1nnc(CCCCCc2ccc3c(c2)C(I)c2ccccc2-3)o1. The molecule has 2 aromatic carbocycles. The van der Waals surface area contributed by atoms with Gasteiger partial charge in [-0.15, -0.1) is 10.2 Å². The van der Waals surface area contributed by atoms with Gasteiger partial charge < -0.3 is 4.42 Å². The van der Waals surface area contributed by atoms with Crippen LogP contribution in [0, 0.1) is 6.92 Å². The van der Waals surface area contributed by atoms with Gasteiger partial charge in [-0.25, -0.2) is 0 Å². The van der Waals surface area contributed by atoms with Crippen molar-refractivity contribution in [2.75, 3.05) is 0 Å². The van der Waals surface area contributed by atoms with Crippen LogP contribution in [0.25, 0.3) is 11.1 Å². The molecule has 0 fully saturated rings. The second kappa shape index (κ2) is 7.28. The van der Waals surface area contributed by atoms with E-state index >= 15 is 0 Å². The van der Waals surface area contributed by atoms with E-state index in [0.717, 1.165) is 25.2 Å². The molecule has 1 heterocycles. The van der Waals surface area contributed by atoms with Gasteiger partial charge in [0.25, 0.3) is 0 Å². The lowest BCUT2D eigenvalue weighted by atomic mass is 10.00. The predicted molar refractivity (Wildman–Crippen MR) is 108 cm³/mol. The molecule has 1 unspecified atom stereocenters. The number of fused-ring (bicyclic) bond motifs is 3. The number of rotatable bonds is 6. The Labute approximate surface area is 162 Å². The van der Waals surface area contributed by atoms with E-state index in [2.05, 4.69) is 75.3 Å². The zero-order valence-corrected chi connectivity index (χ0v) is 16.5. The van der Waals surface area contributed by atoms with Gasteiger partial charge in [-0.3, -0.25) is 0 Å². The summed E-state index contributed by atoms with van der Waals surface area (Å²) in [6.45, 7) is 1.84. The summed E-state index contributed by atoms with van der Waals surface area (Å²) in [5.41, 5.74) is 7.18. The Morgan fingerprint density at radius 3 is 2.56 bits per heavy atom. The molecule has 0 saturated heterocycles. The van der Waals surface area contributed by atoms with Crippen molar-refractivity contribution in [1.82, 2.24) is 10.2 Å². The van der Waals surface area contributed by atoms with Crippen molar-refractivity contribution in [1.29, 1.82) is 0 Å². The Morgan fingerprint density at radius 1 is 0.920 bits per heavy atom. The topological polar surface area (TPSA) is 38.9 Å². The van der Waals surface area contributed by atoms with E-state index in [1.165, 1.54) is 40.7 Å². The van der Waals surface area contributed by atoms with Gasteiger partial charge in [0, 0.05) is 13.3 Å². The van der Waals surface area contributed by atoms with Crippen LogP contribution < -0.4 is 0 Å². The lowest BCUT2D eigenvalue weighted by Gasteiger charge is -2.08. The van der Waals surface area contributed by atoms with Crippen molar-refractivity contribution in [2.24, 2.45) is 0 Å². The highest BCUT2D eigenvalue weighted by Crippen LogP contribution is 2.48. The van der Waals surface area contributed by atoms with E-state index in [4.69, 9.17) is 4.42 Å². The molecular formula is C21H21IN2O. The summed E-state index contributed by atoms with van der Waals surface area (Å²) in [5.74, 6) is 1.42. The normalized spacial score (nSPS) is 15.2. The minimum atomic E-state index is 0.476. The number of aryl methyl sites for hydroxylation is 3. The zero-order valence-electron chi connectivity index (χ0n) is 14.3. The van der Waals surface area contributed by atoms with Gasteiger partial charge in [-0.2, -0.15) is 0 Å². The van der Waals surface area contributed by atoms with E-state index < -0.39 is 0 Å². The zero-order chi connectivity index (χ0) is 17.2. The summed E-state index contributed by atoms with van der Waals surface area (Å²) in [4.78, 5) is 0. The van der Waals surface area contributed by atoms with Crippen LogP contribution in [0.2, 0.25) is 0 Å². The summed E-state index contributed by atoms with van der Waals surface area (Å²) < 4.78 is 5.89. The maximum absolute atomic E-state index is 5.42. The summed E-state index contributed by atoms with van der Waals surface area (Å²) in [5, 5.41) is 7.92. The van der Waals surface area contributed by atoms with Gasteiger partial charge in [0.05, 0.1) is 3.92 Å². The molecule has 128 valence electrons. The van der Waals surface area contributed by atoms with Crippen LogP contribution in [-0.4, -0.2) is 10.2 Å². The predicted octanol–water partition coefficient (Wildman–Crippen LogP) is 5.84. The molecule has 0 N–H and O–H groups in total. The maximum Gasteiger partial charge on any atom is 0.216 e. The number of hydrogen-bond acceptors (Lipinski definition) is 3. The first-order valence-corrected chi connectivity index (χ1v) is 10.1. The molecule has 0 radical (unpaired) electrons. The lowest BCUT2D eigenvalue weighted by molar-refractivity contribution is 0.457. The molecular weight excluding hydrogens is 423 g/mol. The average Bonchev–Trinajstić information content (AvgIpc) is 3.17. The van der Waals surface area contributed by atoms with Gasteiger partial charge in [-0.05, 0) is 47.1 Å². The van der Waals surface area contributed by atoms with Crippen LogP contribution in [-0.2, 0) is 12.8 Å². The first kappa shape index (κ1) is 16.8. The number of nitrogens with zero attached hydrogens (tertiary/aromatic N) is 2. The minimum Gasteiger partial charge on any atom is -0.426 e. The Morgan fingerprint density at radius 2 is 1.72 bits per heavy atom. The van der Waals surface area contributed by atoms with Crippen LogP contribution in [0.3, 0.4) is 0 Å². The van der Waals surface area contributed by atoms with E-state index in [0.29, 0.717) is 9.82 Å². The fraction of sp³-hybridized carbons (Fsp3) is 0.333. The van der Waals surface area contributed by atoms with Crippen molar-refractivity contribution in [3.05, 3.63) is 70.9 Å². The number of halogens is 1. The summed E-state index contributed by atoms with van der Waals surface area (Å²) >= 11 is 2.57. The number of unbranched alkanes of at least 4 members (excludes halogenated alkanes) is 2. The van der Waals surface area contributed by atoms with Crippen LogP contribution in [0.5, 0.6) is 0 Å². The molecule has 1 aliphatic carbocycles. The summed E-state index contributed by atoms with van der Waals surface area (Å²) in [6.07, 6.45) is 5.51. The molecule has 3 nitrogen and oxygen atoms in total. The van der Waals surface area contributed by atoms with E-state index in [-0.39, 0.29) is 0 Å². The highest BCUT2D eigenvalue weighted by atomic mass is 127. The molecule has 0 saturated carbocycles. The maximum atomic E-state index is 5.42. The number of benzene rings is 2. The van der Waals surface area contributed by atoms with Crippen LogP contribution in [0.1, 0.15) is 51.7 Å². The quantitative estimate of drug-likeness (QED) is 0.273. The van der Waals surface area contributed by atoms with E-state index in [9.17, 15) is 0 Å². The van der Waals surface area contributed by atoms with Crippen LogP contribution in [0.4, 0.5) is 0 Å². The third kappa shape index (κ3) is 3.50. The van der Waals surface area contributed by atoms with Gasteiger partial charge in [0.15, 0.2) is 0 Å². The van der Waals surface area contributed by atoms with Crippen molar-refractivity contribution < 1.29 is 4.42 Å². The molecule has 25 heavy (non-hydrogen) atoms. The Hall–Kier alpha value is -1.69. The monoisotopic (exact) mass is 444 g/mol. The smallest absolute Gasteiger partial charge is 0.216 e. The summed E-state index contributed by atoms with van der Waals surface area (Å²) in [6, 6.07) is 15.8. The van der Waals surface area contributed by atoms with Crippen molar-refractivity contribution in [3.8, 4) is 11.1 Å². The Kier molecular flexibility index (Phi) is 4.88. The molecule has 0 bridgehead atoms. The van der Waals surface area contributed by atoms with Gasteiger partial charge >= 0.3 is 0 Å². The second-order valence-corrected chi connectivity index (χ2v) is 7.89. The average molecular weight is 444 g/mol. The van der Waals surface area contributed by atoms with E-state index in [1.54, 1.807) is 0 Å². The number of hydrogen-bond donors (Lipinski definition) is 0.